The van der Waals surface area contributed by atoms with Crippen molar-refractivity contribution in [3.05, 3.63) is 63.7 Å². The summed E-state index contributed by atoms with van der Waals surface area (Å²) in [5.41, 5.74) is 4.77. The number of ether oxygens (including phenoxy) is 4. The zero-order chi connectivity index (χ0) is 33.7. The highest BCUT2D eigenvalue weighted by molar-refractivity contribution is 5.89. The van der Waals surface area contributed by atoms with Crippen molar-refractivity contribution >= 4 is 11.7 Å². The Morgan fingerprint density at radius 3 is 1.96 bits per heavy atom. The summed E-state index contributed by atoms with van der Waals surface area (Å²) in [5, 5.41) is 40.2. The first-order chi connectivity index (χ1) is 22.6. The second-order valence-electron chi connectivity index (χ2n) is 12.3. The van der Waals surface area contributed by atoms with Crippen molar-refractivity contribution in [1.82, 2.24) is 15.1 Å². The Kier molecular flexibility index (Phi) is 8.46. The van der Waals surface area contributed by atoms with E-state index in [9.17, 15) is 20.3 Å². The number of hydrogen-bond donors (Lipinski definition) is 4. The molecule has 47 heavy (non-hydrogen) atoms. The van der Waals surface area contributed by atoms with Crippen LogP contribution >= 0.6 is 0 Å². The zero-order valence-corrected chi connectivity index (χ0v) is 27.7. The van der Waals surface area contributed by atoms with Crippen molar-refractivity contribution in [2.75, 3.05) is 47.3 Å². The highest BCUT2D eigenvalue weighted by atomic mass is 16.5. The number of rotatable bonds is 7. The first-order valence-corrected chi connectivity index (χ1v) is 15.5. The summed E-state index contributed by atoms with van der Waals surface area (Å²) in [7, 11) is 8.16. The fourth-order valence-corrected chi connectivity index (χ4v) is 8.30. The van der Waals surface area contributed by atoms with Gasteiger partial charge < -0.3 is 39.8 Å². The standard InChI is InChI=1S/C35H41N5O7/c1-17-31(44-4)20-14-23-28-27-21(32(45-5)18(2)34(47-7)30(27)42)13-22(39(28)3)24(15-36)40(23)25(26(20)29(41)33(17)46-6)16-37-35(43)38-19-11-9-8-10-12-19/h8-12,22-25,28,41-42H,13-14,16H2,1-7H3,(H2,37,38,43)/t22-,23-,24-,25-,28-/m0/s1. The number of urea groups is 1. The molecule has 0 saturated carbocycles. The van der Waals surface area contributed by atoms with E-state index in [0.717, 1.165) is 11.1 Å². The third-order valence-corrected chi connectivity index (χ3v) is 10.1. The van der Waals surface area contributed by atoms with Gasteiger partial charge in [0, 0.05) is 57.7 Å². The molecule has 4 N–H and O–H groups in total. The normalized spacial score (nSPS) is 23.0. The summed E-state index contributed by atoms with van der Waals surface area (Å²) in [4.78, 5) is 17.5. The molecule has 0 aliphatic carbocycles. The predicted molar refractivity (Wildman–Crippen MR) is 175 cm³/mol. The topological polar surface area (TPSA) is 149 Å². The minimum absolute atomic E-state index is 0.0369. The van der Waals surface area contributed by atoms with Crippen LogP contribution < -0.4 is 29.6 Å². The lowest BCUT2D eigenvalue weighted by atomic mass is 9.71. The molecular formula is C35H41N5O7. The Labute approximate surface area is 274 Å². The maximum Gasteiger partial charge on any atom is 0.319 e. The number of carbonyl (C=O) groups is 1. The number of piperazine rings is 1. The summed E-state index contributed by atoms with van der Waals surface area (Å²) in [6, 6.07) is 8.84. The van der Waals surface area contributed by atoms with Gasteiger partial charge in [-0.1, -0.05) is 18.2 Å². The molecule has 0 unspecified atom stereocenters. The molecule has 3 heterocycles. The Morgan fingerprint density at radius 1 is 0.872 bits per heavy atom. The van der Waals surface area contributed by atoms with E-state index in [2.05, 4.69) is 26.5 Å². The molecule has 1 fully saturated rings. The molecule has 2 bridgehead atoms. The maximum atomic E-state index is 13.2. The maximum absolute atomic E-state index is 13.2. The number of likely N-dealkylation sites (N-methyl/N-ethyl adjacent to an activating group) is 1. The number of anilines is 1. The Bertz CT molecular complexity index is 1760. The number of nitrogens with zero attached hydrogens (tertiary/aromatic N) is 3. The van der Waals surface area contributed by atoms with Crippen LogP contribution in [-0.2, 0) is 12.8 Å². The summed E-state index contributed by atoms with van der Waals surface area (Å²) >= 11 is 0. The first kappa shape index (κ1) is 32.1. The minimum Gasteiger partial charge on any atom is -0.504 e. The SMILES string of the molecule is COc1c(C)c(OC)c2c(c1O)[C@@H]1[C@@H]3Cc4c(OC)c(C)c(OC)c(O)c4[C@H](CNC(=O)Nc4ccccc4)N3[C@@H](C#N)[C@H](C2)N1C. The average Bonchev–Trinajstić information content (AvgIpc) is 3.05. The number of para-hydroxylation sites is 1. The molecule has 3 aromatic rings. The fraction of sp³-hybridized carbons (Fsp3) is 0.429. The van der Waals surface area contributed by atoms with Crippen LogP contribution in [-0.4, -0.2) is 86.2 Å². The van der Waals surface area contributed by atoms with Crippen LogP contribution in [0.5, 0.6) is 34.5 Å². The molecule has 1 saturated heterocycles. The molecule has 2 amide bonds. The Morgan fingerprint density at radius 2 is 1.40 bits per heavy atom. The molecule has 6 rings (SSSR count). The van der Waals surface area contributed by atoms with Crippen LogP contribution in [0, 0.1) is 25.2 Å². The number of nitrogens with one attached hydrogen (secondary N) is 2. The lowest BCUT2D eigenvalue weighted by Crippen LogP contribution is -2.68. The van der Waals surface area contributed by atoms with Gasteiger partial charge in [0.25, 0.3) is 0 Å². The van der Waals surface area contributed by atoms with Gasteiger partial charge in [0.15, 0.2) is 23.0 Å². The number of phenols is 2. The molecule has 0 spiro atoms. The third kappa shape index (κ3) is 4.84. The number of nitriles is 1. The van der Waals surface area contributed by atoms with Crippen LogP contribution in [0.25, 0.3) is 0 Å². The van der Waals surface area contributed by atoms with Crippen LogP contribution in [0.15, 0.2) is 30.3 Å². The Balaban J connectivity index is 1.55. The van der Waals surface area contributed by atoms with Gasteiger partial charge >= 0.3 is 6.03 Å². The van der Waals surface area contributed by atoms with Crippen molar-refractivity contribution in [1.29, 1.82) is 5.26 Å². The van der Waals surface area contributed by atoms with Gasteiger partial charge in [-0.25, -0.2) is 4.79 Å². The van der Waals surface area contributed by atoms with Gasteiger partial charge in [-0.2, -0.15) is 5.26 Å². The van der Waals surface area contributed by atoms with Crippen molar-refractivity contribution in [3.63, 3.8) is 0 Å². The molecule has 3 aliphatic heterocycles. The van der Waals surface area contributed by atoms with Gasteiger partial charge in [-0.3, -0.25) is 9.80 Å². The number of fused-ring (bicyclic) bond motifs is 7. The number of phenolic OH excluding ortho intramolecular Hbond substituents is 2. The Hall–Kier alpha value is -4.86. The molecule has 248 valence electrons. The van der Waals surface area contributed by atoms with E-state index in [1.54, 1.807) is 26.4 Å². The molecule has 0 aromatic heterocycles. The molecule has 5 atom stereocenters. The second kappa shape index (κ2) is 12.4. The highest BCUT2D eigenvalue weighted by Gasteiger charge is 2.57. The minimum atomic E-state index is -0.657. The summed E-state index contributed by atoms with van der Waals surface area (Å²) in [6.45, 7) is 3.74. The quantitative estimate of drug-likeness (QED) is 0.293. The number of hydrogen-bond acceptors (Lipinski definition) is 10. The first-order valence-electron chi connectivity index (χ1n) is 15.5. The van der Waals surface area contributed by atoms with Gasteiger partial charge in [-0.05, 0) is 45.9 Å². The number of methoxy groups -OCH3 is 4. The highest BCUT2D eigenvalue weighted by Crippen LogP contribution is 2.58. The van der Waals surface area contributed by atoms with E-state index < -0.39 is 24.2 Å². The van der Waals surface area contributed by atoms with Crippen LogP contribution in [0.1, 0.15) is 45.5 Å². The van der Waals surface area contributed by atoms with E-state index in [-0.39, 0.29) is 35.9 Å². The lowest BCUT2D eigenvalue weighted by Gasteiger charge is -2.60. The van der Waals surface area contributed by atoms with Crippen molar-refractivity contribution in [3.8, 4) is 40.6 Å². The van der Waals surface area contributed by atoms with Gasteiger partial charge in [0.1, 0.15) is 17.5 Å². The van der Waals surface area contributed by atoms with Crippen LogP contribution in [0.4, 0.5) is 10.5 Å². The van der Waals surface area contributed by atoms with Crippen molar-refractivity contribution < 1.29 is 34.0 Å². The van der Waals surface area contributed by atoms with E-state index in [1.807, 2.05) is 39.1 Å². The van der Waals surface area contributed by atoms with Crippen LogP contribution in [0.2, 0.25) is 0 Å². The molecule has 3 aliphatic rings. The molecule has 12 heteroatoms. The monoisotopic (exact) mass is 643 g/mol. The van der Waals surface area contributed by atoms with Crippen LogP contribution in [0.3, 0.4) is 0 Å². The molecule has 0 radical (unpaired) electrons. The summed E-state index contributed by atoms with van der Waals surface area (Å²) in [5.74, 6) is 1.78. The van der Waals surface area contributed by atoms with E-state index >= 15 is 0 Å². The van der Waals surface area contributed by atoms with Gasteiger partial charge in [0.2, 0.25) is 0 Å². The van der Waals surface area contributed by atoms with Crippen molar-refractivity contribution in [2.45, 2.75) is 56.9 Å². The predicted octanol–water partition coefficient (Wildman–Crippen LogP) is 4.34. The number of carbonyl (C=O) groups excluding carboxylic acids is 1. The van der Waals surface area contributed by atoms with E-state index in [4.69, 9.17) is 18.9 Å². The third-order valence-electron chi connectivity index (χ3n) is 10.1. The zero-order valence-electron chi connectivity index (χ0n) is 27.7. The largest absolute Gasteiger partial charge is 0.504 e. The molecule has 12 nitrogen and oxygen atoms in total. The smallest absolute Gasteiger partial charge is 0.319 e. The second-order valence-corrected chi connectivity index (χ2v) is 12.3. The molecule has 3 aromatic carbocycles. The van der Waals surface area contributed by atoms with E-state index in [0.29, 0.717) is 58.0 Å². The summed E-state index contributed by atoms with van der Waals surface area (Å²) < 4.78 is 23.2. The number of benzene rings is 3. The van der Waals surface area contributed by atoms with Crippen molar-refractivity contribution in [2.24, 2.45) is 0 Å². The number of amides is 2. The fourth-order valence-electron chi connectivity index (χ4n) is 8.30. The molecular weight excluding hydrogens is 602 g/mol. The lowest BCUT2D eigenvalue weighted by molar-refractivity contribution is -0.0723. The van der Waals surface area contributed by atoms with Gasteiger partial charge in [0.05, 0.1) is 46.6 Å². The van der Waals surface area contributed by atoms with Gasteiger partial charge in [-0.15, -0.1) is 0 Å². The average molecular weight is 644 g/mol. The number of aromatic hydroxyl groups is 2. The van der Waals surface area contributed by atoms with E-state index in [1.165, 1.54) is 14.2 Å². The summed E-state index contributed by atoms with van der Waals surface area (Å²) in [6.07, 6.45) is 0.806.